The van der Waals surface area contributed by atoms with Crippen LogP contribution in [0.4, 0.5) is 10.5 Å². The molecular formula is C15H8ClIN2O4. The summed E-state index contributed by atoms with van der Waals surface area (Å²) in [5.74, 6) is -1.18. The lowest BCUT2D eigenvalue weighted by molar-refractivity contribution is -0.122. The molecule has 1 aromatic heterocycles. The zero-order valence-electron chi connectivity index (χ0n) is 11.4. The van der Waals surface area contributed by atoms with E-state index in [1.165, 1.54) is 12.1 Å². The Labute approximate surface area is 149 Å². The van der Waals surface area contributed by atoms with E-state index >= 15 is 0 Å². The number of anilines is 1. The fraction of sp³-hybridized carbons (Fsp3) is 0. The van der Waals surface area contributed by atoms with Gasteiger partial charge in [0.2, 0.25) is 0 Å². The molecule has 6 nitrogen and oxygen atoms in total. The van der Waals surface area contributed by atoms with Gasteiger partial charge in [0.1, 0.15) is 11.3 Å². The van der Waals surface area contributed by atoms with Crippen LogP contribution in [0.25, 0.3) is 6.08 Å². The molecule has 0 unspecified atom stereocenters. The van der Waals surface area contributed by atoms with Crippen molar-refractivity contribution in [2.45, 2.75) is 0 Å². The number of halogens is 2. The van der Waals surface area contributed by atoms with Gasteiger partial charge in [-0.2, -0.15) is 0 Å². The van der Waals surface area contributed by atoms with Gasteiger partial charge in [-0.1, -0.05) is 17.7 Å². The second-order valence-corrected chi connectivity index (χ2v) is 6.08. The van der Waals surface area contributed by atoms with E-state index in [0.29, 0.717) is 14.5 Å². The van der Waals surface area contributed by atoms with Crippen molar-refractivity contribution >= 4 is 63.8 Å². The van der Waals surface area contributed by atoms with E-state index in [4.69, 9.17) is 16.0 Å². The fourth-order valence-electron chi connectivity index (χ4n) is 2.06. The van der Waals surface area contributed by atoms with Gasteiger partial charge >= 0.3 is 6.03 Å². The van der Waals surface area contributed by atoms with E-state index in [0.717, 1.165) is 4.90 Å². The summed E-state index contributed by atoms with van der Waals surface area (Å²) in [5, 5.41) is 2.49. The van der Waals surface area contributed by atoms with Crippen LogP contribution in [-0.4, -0.2) is 17.8 Å². The average molecular weight is 443 g/mol. The lowest BCUT2D eigenvalue weighted by Gasteiger charge is -2.26. The molecule has 8 heteroatoms. The van der Waals surface area contributed by atoms with Crippen molar-refractivity contribution in [2.24, 2.45) is 0 Å². The van der Waals surface area contributed by atoms with Crippen LogP contribution in [0.2, 0.25) is 5.02 Å². The van der Waals surface area contributed by atoms with Crippen LogP contribution in [0.3, 0.4) is 0 Å². The highest BCUT2D eigenvalue weighted by Crippen LogP contribution is 2.24. The van der Waals surface area contributed by atoms with Crippen molar-refractivity contribution in [3.05, 3.63) is 56.5 Å². The summed E-state index contributed by atoms with van der Waals surface area (Å²) in [6.45, 7) is 0. The van der Waals surface area contributed by atoms with Gasteiger partial charge in [-0.15, -0.1) is 0 Å². The van der Waals surface area contributed by atoms with Gasteiger partial charge in [-0.05, 0) is 59.0 Å². The predicted molar refractivity (Wildman–Crippen MR) is 91.9 cm³/mol. The third kappa shape index (κ3) is 3.15. The number of hydrogen-bond donors (Lipinski definition) is 1. The Hall–Kier alpha value is -2.13. The van der Waals surface area contributed by atoms with Crippen molar-refractivity contribution < 1.29 is 18.8 Å². The molecule has 23 heavy (non-hydrogen) atoms. The largest absolute Gasteiger partial charge is 0.451 e. The maximum atomic E-state index is 12.6. The number of carbonyl (C=O) groups is 3. The summed E-state index contributed by atoms with van der Waals surface area (Å²) in [7, 11) is 0. The van der Waals surface area contributed by atoms with Gasteiger partial charge < -0.3 is 4.42 Å². The molecule has 0 radical (unpaired) electrons. The van der Waals surface area contributed by atoms with Crippen LogP contribution >= 0.6 is 34.2 Å². The van der Waals surface area contributed by atoms with Crippen LogP contribution < -0.4 is 10.2 Å². The number of imide groups is 2. The molecule has 0 bridgehead atoms. The Morgan fingerprint density at radius 2 is 1.96 bits per heavy atom. The molecule has 0 saturated carbocycles. The first kappa shape index (κ1) is 15.8. The summed E-state index contributed by atoms with van der Waals surface area (Å²) >= 11 is 7.86. The van der Waals surface area contributed by atoms with E-state index in [2.05, 4.69) is 5.32 Å². The lowest BCUT2D eigenvalue weighted by Crippen LogP contribution is -2.54. The number of hydrogen-bond acceptors (Lipinski definition) is 4. The molecule has 1 aliphatic rings. The summed E-state index contributed by atoms with van der Waals surface area (Å²) in [6, 6.07) is 8.72. The van der Waals surface area contributed by atoms with E-state index in [-0.39, 0.29) is 11.3 Å². The minimum absolute atomic E-state index is 0.199. The second-order valence-electron chi connectivity index (χ2n) is 4.58. The average Bonchev–Trinajstić information content (AvgIpc) is 2.89. The molecule has 0 aliphatic carbocycles. The molecule has 4 amide bonds. The van der Waals surface area contributed by atoms with E-state index in [9.17, 15) is 14.4 Å². The molecule has 1 saturated heterocycles. The Bertz CT molecular complexity index is 859. The highest BCUT2D eigenvalue weighted by atomic mass is 127. The van der Waals surface area contributed by atoms with Crippen LogP contribution in [0, 0.1) is 3.77 Å². The van der Waals surface area contributed by atoms with Crippen molar-refractivity contribution in [1.82, 2.24) is 5.32 Å². The highest BCUT2D eigenvalue weighted by Gasteiger charge is 2.37. The minimum Gasteiger partial charge on any atom is -0.451 e. The Balaban J connectivity index is 2.02. The Kier molecular flexibility index (Phi) is 4.22. The zero-order valence-corrected chi connectivity index (χ0v) is 14.3. The SMILES string of the molecule is O=C1NC(=O)N(c2cccc(Cl)c2)C(=O)/C1=C\c1ccc(I)o1. The molecule has 0 atom stereocenters. The molecule has 1 aromatic carbocycles. The number of barbiturate groups is 1. The maximum Gasteiger partial charge on any atom is 0.335 e. The summed E-state index contributed by atoms with van der Waals surface area (Å²) in [5.41, 5.74) is 0.0720. The number of carbonyl (C=O) groups excluding carboxylic acids is 3. The van der Waals surface area contributed by atoms with Crippen molar-refractivity contribution in [3.8, 4) is 0 Å². The molecular weight excluding hydrogens is 435 g/mol. The first-order valence-electron chi connectivity index (χ1n) is 6.38. The van der Waals surface area contributed by atoms with E-state index in [1.807, 2.05) is 22.6 Å². The molecule has 0 spiro atoms. The number of amides is 4. The molecule has 1 aliphatic heterocycles. The molecule has 2 aromatic rings. The number of nitrogens with one attached hydrogen (secondary N) is 1. The molecule has 3 rings (SSSR count). The number of benzene rings is 1. The Morgan fingerprint density at radius 1 is 1.17 bits per heavy atom. The smallest absolute Gasteiger partial charge is 0.335 e. The van der Waals surface area contributed by atoms with Crippen LogP contribution in [0.1, 0.15) is 5.76 Å². The van der Waals surface area contributed by atoms with Gasteiger partial charge in [0, 0.05) is 5.02 Å². The Morgan fingerprint density at radius 3 is 2.61 bits per heavy atom. The third-order valence-corrected chi connectivity index (χ3v) is 3.86. The number of urea groups is 1. The normalized spacial score (nSPS) is 16.9. The van der Waals surface area contributed by atoms with Gasteiger partial charge in [0.15, 0.2) is 3.77 Å². The monoisotopic (exact) mass is 442 g/mol. The maximum absolute atomic E-state index is 12.6. The lowest BCUT2D eigenvalue weighted by atomic mass is 10.1. The van der Waals surface area contributed by atoms with Crippen molar-refractivity contribution in [3.63, 3.8) is 0 Å². The number of nitrogens with zero attached hydrogens (tertiary/aromatic N) is 1. The highest BCUT2D eigenvalue weighted by molar-refractivity contribution is 14.1. The fourth-order valence-corrected chi connectivity index (χ4v) is 2.67. The summed E-state index contributed by atoms with van der Waals surface area (Å²) < 4.78 is 5.94. The van der Waals surface area contributed by atoms with Crippen LogP contribution in [0.15, 0.2) is 46.4 Å². The summed E-state index contributed by atoms with van der Waals surface area (Å²) in [4.78, 5) is 37.4. The molecule has 2 heterocycles. The van der Waals surface area contributed by atoms with Gasteiger partial charge in [0.05, 0.1) is 5.69 Å². The van der Waals surface area contributed by atoms with Crippen molar-refractivity contribution in [1.29, 1.82) is 0 Å². The van der Waals surface area contributed by atoms with Crippen molar-refractivity contribution in [2.75, 3.05) is 4.90 Å². The minimum atomic E-state index is -0.826. The number of rotatable bonds is 2. The number of furan rings is 1. The molecule has 1 N–H and O–H groups in total. The topological polar surface area (TPSA) is 79.6 Å². The first-order valence-corrected chi connectivity index (χ1v) is 7.84. The van der Waals surface area contributed by atoms with Gasteiger partial charge in [-0.25, -0.2) is 9.69 Å². The van der Waals surface area contributed by atoms with Gasteiger partial charge in [0.25, 0.3) is 11.8 Å². The standard InChI is InChI=1S/C15H8ClIN2O4/c16-8-2-1-3-9(6-8)19-14(21)11(13(20)18-15(19)22)7-10-4-5-12(17)23-10/h1-7H,(H,18,20,22)/b11-7-. The van der Waals surface area contributed by atoms with Crippen LogP contribution in [0.5, 0.6) is 0 Å². The summed E-state index contributed by atoms with van der Waals surface area (Å²) in [6.07, 6.45) is 1.30. The van der Waals surface area contributed by atoms with E-state index in [1.54, 1.807) is 30.3 Å². The zero-order chi connectivity index (χ0) is 16.6. The van der Waals surface area contributed by atoms with E-state index < -0.39 is 17.8 Å². The van der Waals surface area contributed by atoms with Gasteiger partial charge in [-0.3, -0.25) is 14.9 Å². The molecule has 116 valence electrons. The second kappa shape index (κ2) is 6.17. The quantitative estimate of drug-likeness (QED) is 0.440. The van der Waals surface area contributed by atoms with Crippen LogP contribution in [-0.2, 0) is 9.59 Å². The molecule has 1 fully saturated rings. The third-order valence-electron chi connectivity index (χ3n) is 3.05. The predicted octanol–water partition coefficient (Wildman–Crippen LogP) is 3.20. The first-order chi connectivity index (χ1) is 11.0.